The van der Waals surface area contributed by atoms with E-state index < -0.39 is 0 Å². The molecule has 1 fully saturated rings. The highest BCUT2D eigenvalue weighted by Gasteiger charge is 2.19. The molecule has 0 unspecified atom stereocenters. The van der Waals surface area contributed by atoms with Gasteiger partial charge in [0.2, 0.25) is 0 Å². The van der Waals surface area contributed by atoms with Crippen LogP contribution in [-0.4, -0.2) is 5.11 Å². The van der Waals surface area contributed by atoms with E-state index >= 15 is 0 Å². The predicted octanol–water partition coefficient (Wildman–Crippen LogP) is 4.39. The second-order valence-corrected chi connectivity index (χ2v) is 4.94. The van der Waals surface area contributed by atoms with Crippen LogP contribution in [0.4, 0.5) is 0 Å². The Morgan fingerprint density at radius 2 is 1.94 bits per heavy atom. The molecule has 1 nitrogen and oxygen atoms in total. The zero-order valence-corrected chi connectivity index (χ0v) is 10.2. The minimum absolute atomic E-state index is 0.580. The van der Waals surface area contributed by atoms with Crippen LogP contribution in [0.15, 0.2) is 18.2 Å². The van der Waals surface area contributed by atoms with Gasteiger partial charge in [0, 0.05) is 0 Å². The molecule has 0 heterocycles. The molecule has 1 saturated carbocycles. The van der Waals surface area contributed by atoms with Crippen molar-refractivity contribution in [3.63, 3.8) is 0 Å². The normalized spacial score (nSPS) is 17.6. The molecule has 1 aliphatic carbocycles. The summed E-state index contributed by atoms with van der Waals surface area (Å²) in [5, 5.41) is 10.3. The van der Waals surface area contributed by atoms with Crippen molar-refractivity contribution in [3.8, 4) is 5.75 Å². The number of benzene rings is 1. The van der Waals surface area contributed by atoms with Crippen LogP contribution in [0, 0.1) is 0 Å². The van der Waals surface area contributed by atoms with Crippen molar-refractivity contribution < 1.29 is 5.11 Å². The third-order valence-corrected chi connectivity index (χ3v) is 3.72. The van der Waals surface area contributed by atoms with E-state index in [1.54, 1.807) is 0 Å². The highest BCUT2D eigenvalue weighted by atomic mass is 16.3. The Morgan fingerprint density at radius 3 is 2.62 bits per heavy atom. The number of phenolic OH excluding ortho intramolecular Hbond substituents is 1. The van der Waals surface area contributed by atoms with Gasteiger partial charge in [-0.1, -0.05) is 50.8 Å². The average molecular weight is 218 g/mol. The quantitative estimate of drug-likeness (QED) is 0.797. The lowest BCUT2D eigenvalue weighted by atomic mass is 9.83. The van der Waals surface area contributed by atoms with E-state index in [1.807, 2.05) is 0 Å². The summed E-state index contributed by atoms with van der Waals surface area (Å²) < 4.78 is 0. The Labute approximate surface area is 98.5 Å². The molecule has 0 saturated heterocycles. The van der Waals surface area contributed by atoms with Gasteiger partial charge in [0.1, 0.15) is 5.75 Å². The van der Waals surface area contributed by atoms with Crippen molar-refractivity contribution in [2.45, 2.75) is 57.8 Å². The van der Waals surface area contributed by atoms with Crippen molar-refractivity contribution in [1.82, 2.24) is 0 Å². The van der Waals surface area contributed by atoms with Gasteiger partial charge < -0.3 is 5.11 Å². The second-order valence-electron chi connectivity index (χ2n) is 4.94. The fourth-order valence-corrected chi connectivity index (χ4v) is 2.83. The Bertz CT molecular complexity index is 337. The Balaban J connectivity index is 2.22. The van der Waals surface area contributed by atoms with E-state index in [0.717, 1.165) is 18.4 Å². The number of para-hydroxylation sites is 1. The van der Waals surface area contributed by atoms with E-state index in [1.165, 1.54) is 37.7 Å². The Hall–Kier alpha value is -0.980. The first-order valence-electron chi connectivity index (χ1n) is 6.63. The van der Waals surface area contributed by atoms with Crippen LogP contribution in [0.5, 0.6) is 5.75 Å². The standard InChI is InChI=1S/C15H22O/c1-2-7-13-10-6-11-14(15(13)16)12-8-4-3-5-9-12/h6,10-12,16H,2-5,7-9H2,1H3. The smallest absolute Gasteiger partial charge is 0.122 e. The first-order valence-corrected chi connectivity index (χ1v) is 6.63. The average Bonchev–Trinajstić information content (AvgIpc) is 2.33. The number of rotatable bonds is 3. The summed E-state index contributed by atoms with van der Waals surface area (Å²) in [5.41, 5.74) is 2.33. The molecular formula is C15H22O. The van der Waals surface area contributed by atoms with Crippen LogP contribution >= 0.6 is 0 Å². The second kappa shape index (κ2) is 5.38. The van der Waals surface area contributed by atoms with Gasteiger partial charge in [0.15, 0.2) is 0 Å². The third kappa shape index (κ3) is 2.40. The van der Waals surface area contributed by atoms with Crippen molar-refractivity contribution in [1.29, 1.82) is 0 Å². The molecule has 1 N–H and O–H groups in total. The molecular weight excluding hydrogens is 196 g/mol. The molecule has 1 aromatic rings. The first-order chi connectivity index (χ1) is 7.83. The molecule has 1 aliphatic rings. The fourth-order valence-electron chi connectivity index (χ4n) is 2.83. The predicted molar refractivity (Wildman–Crippen MR) is 67.9 cm³/mol. The lowest BCUT2D eigenvalue weighted by Gasteiger charge is -2.23. The van der Waals surface area contributed by atoms with Gasteiger partial charge in [-0.3, -0.25) is 0 Å². The van der Waals surface area contributed by atoms with Crippen LogP contribution in [0.3, 0.4) is 0 Å². The van der Waals surface area contributed by atoms with Gasteiger partial charge in [-0.15, -0.1) is 0 Å². The molecule has 0 spiro atoms. The van der Waals surface area contributed by atoms with Crippen molar-refractivity contribution in [3.05, 3.63) is 29.3 Å². The molecule has 16 heavy (non-hydrogen) atoms. The molecule has 0 aliphatic heterocycles. The number of aromatic hydroxyl groups is 1. The maximum Gasteiger partial charge on any atom is 0.122 e. The summed E-state index contributed by atoms with van der Waals surface area (Å²) >= 11 is 0. The zero-order valence-electron chi connectivity index (χ0n) is 10.2. The highest BCUT2D eigenvalue weighted by molar-refractivity contribution is 5.42. The van der Waals surface area contributed by atoms with Crippen molar-refractivity contribution >= 4 is 0 Å². The largest absolute Gasteiger partial charge is 0.507 e. The van der Waals surface area contributed by atoms with Crippen LogP contribution in [0.25, 0.3) is 0 Å². The van der Waals surface area contributed by atoms with Crippen LogP contribution in [-0.2, 0) is 6.42 Å². The van der Waals surface area contributed by atoms with E-state index in [-0.39, 0.29) is 0 Å². The summed E-state index contributed by atoms with van der Waals surface area (Å²) in [7, 11) is 0. The molecule has 0 bridgehead atoms. The Morgan fingerprint density at radius 1 is 1.19 bits per heavy atom. The first kappa shape index (κ1) is 11.5. The van der Waals surface area contributed by atoms with Gasteiger partial charge in [0.05, 0.1) is 0 Å². The number of hydrogen-bond donors (Lipinski definition) is 1. The minimum Gasteiger partial charge on any atom is -0.507 e. The zero-order chi connectivity index (χ0) is 11.4. The molecule has 0 amide bonds. The SMILES string of the molecule is CCCc1cccc(C2CCCCC2)c1O. The number of aryl methyl sites for hydroxylation is 1. The van der Waals surface area contributed by atoms with Crippen molar-refractivity contribution in [2.24, 2.45) is 0 Å². The molecule has 0 atom stereocenters. The lowest BCUT2D eigenvalue weighted by molar-refractivity contribution is 0.411. The van der Waals surface area contributed by atoms with Gasteiger partial charge in [-0.25, -0.2) is 0 Å². The van der Waals surface area contributed by atoms with E-state index in [4.69, 9.17) is 0 Å². The van der Waals surface area contributed by atoms with Gasteiger partial charge in [0.25, 0.3) is 0 Å². The summed E-state index contributed by atoms with van der Waals surface area (Å²) in [6.07, 6.45) is 8.61. The van der Waals surface area contributed by atoms with Crippen LogP contribution in [0.2, 0.25) is 0 Å². The molecule has 1 aromatic carbocycles. The van der Waals surface area contributed by atoms with Gasteiger partial charge >= 0.3 is 0 Å². The monoisotopic (exact) mass is 218 g/mol. The van der Waals surface area contributed by atoms with Gasteiger partial charge in [-0.05, 0) is 36.3 Å². The fraction of sp³-hybridized carbons (Fsp3) is 0.600. The van der Waals surface area contributed by atoms with Gasteiger partial charge in [-0.2, -0.15) is 0 Å². The molecule has 1 heteroatoms. The summed E-state index contributed by atoms with van der Waals surface area (Å²) in [4.78, 5) is 0. The van der Waals surface area contributed by atoms with E-state index in [0.29, 0.717) is 11.7 Å². The number of hydrogen-bond acceptors (Lipinski definition) is 1. The maximum atomic E-state index is 10.3. The molecule has 2 rings (SSSR count). The molecule has 0 radical (unpaired) electrons. The van der Waals surface area contributed by atoms with E-state index in [2.05, 4.69) is 25.1 Å². The molecule has 0 aromatic heterocycles. The number of phenols is 1. The summed E-state index contributed by atoms with van der Waals surface area (Å²) in [6, 6.07) is 6.28. The lowest BCUT2D eigenvalue weighted by Crippen LogP contribution is -2.05. The van der Waals surface area contributed by atoms with E-state index in [9.17, 15) is 5.11 Å². The summed E-state index contributed by atoms with van der Waals surface area (Å²) in [5.74, 6) is 1.18. The third-order valence-electron chi connectivity index (χ3n) is 3.72. The summed E-state index contributed by atoms with van der Waals surface area (Å²) in [6.45, 7) is 2.16. The minimum atomic E-state index is 0.580. The Kier molecular flexibility index (Phi) is 3.87. The topological polar surface area (TPSA) is 20.2 Å². The van der Waals surface area contributed by atoms with Crippen LogP contribution in [0.1, 0.15) is 62.5 Å². The maximum absolute atomic E-state index is 10.3. The highest BCUT2D eigenvalue weighted by Crippen LogP contribution is 2.38. The molecule has 88 valence electrons. The van der Waals surface area contributed by atoms with Crippen molar-refractivity contribution in [2.75, 3.05) is 0 Å². The van der Waals surface area contributed by atoms with Crippen LogP contribution < -0.4 is 0 Å².